The third-order valence-electron chi connectivity index (χ3n) is 1.65. The molecule has 0 atom stereocenters. The van der Waals surface area contributed by atoms with Gasteiger partial charge in [0.1, 0.15) is 11.5 Å². The second-order valence-electron chi connectivity index (χ2n) is 2.51. The third kappa shape index (κ3) is 0.934. The molecule has 0 aliphatic rings. The quantitative estimate of drug-likeness (QED) is 0.474. The van der Waals surface area contributed by atoms with Crippen molar-refractivity contribution in [2.24, 2.45) is 5.73 Å². The van der Waals surface area contributed by atoms with Gasteiger partial charge in [0.05, 0.1) is 5.52 Å². The summed E-state index contributed by atoms with van der Waals surface area (Å²) in [5, 5.41) is 11.2. The zero-order chi connectivity index (χ0) is 8.55. The Morgan fingerprint density at radius 3 is 3.00 bits per heavy atom. The van der Waals surface area contributed by atoms with Gasteiger partial charge >= 0.3 is 0 Å². The number of hydrogen-bond donors (Lipinski definition) is 2. The van der Waals surface area contributed by atoms with Crippen LogP contribution >= 0.6 is 0 Å². The van der Waals surface area contributed by atoms with Gasteiger partial charge in [-0.05, 0) is 18.2 Å². The lowest BCUT2D eigenvalue weighted by atomic mass is 10.3. The molecule has 0 saturated carbocycles. The first-order chi connectivity index (χ1) is 5.77. The van der Waals surface area contributed by atoms with Crippen LogP contribution in [0.4, 0.5) is 0 Å². The van der Waals surface area contributed by atoms with E-state index >= 15 is 0 Å². The van der Waals surface area contributed by atoms with Gasteiger partial charge in [0, 0.05) is 6.20 Å². The highest BCUT2D eigenvalue weighted by Crippen LogP contribution is 2.04. The molecule has 2 aromatic rings. The Labute approximate surface area is 69.1 Å². The summed E-state index contributed by atoms with van der Waals surface area (Å²) in [4.78, 5) is 0. The Morgan fingerprint density at radius 2 is 2.33 bits per heavy atom. The number of hydrogen-bond acceptors (Lipinski definition) is 2. The minimum absolute atomic E-state index is 0.00120. The fourth-order valence-corrected chi connectivity index (χ4v) is 1.07. The zero-order valence-corrected chi connectivity index (χ0v) is 6.36. The maximum Gasteiger partial charge on any atom is 0.143 e. The van der Waals surface area contributed by atoms with Crippen LogP contribution in [0.2, 0.25) is 0 Å². The molecule has 2 heterocycles. The molecule has 2 aromatic heterocycles. The minimum Gasteiger partial charge on any atom is -0.382 e. The van der Waals surface area contributed by atoms with E-state index in [1.54, 1.807) is 10.6 Å². The number of amidine groups is 1. The minimum atomic E-state index is -0.00120. The number of nitrogens with two attached hydrogens (primary N) is 1. The Hall–Kier alpha value is -1.84. The maximum absolute atomic E-state index is 7.17. The average molecular weight is 160 g/mol. The molecule has 0 unspecified atom stereocenters. The lowest BCUT2D eigenvalue weighted by Crippen LogP contribution is -2.11. The largest absolute Gasteiger partial charge is 0.382 e. The number of aromatic nitrogens is 2. The fourth-order valence-electron chi connectivity index (χ4n) is 1.07. The molecule has 0 aliphatic carbocycles. The topological polar surface area (TPSA) is 67.2 Å². The van der Waals surface area contributed by atoms with Crippen LogP contribution in [0, 0.1) is 5.41 Å². The van der Waals surface area contributed by atoms with Crippen molar-refractivity contribution < 1.29 is 0 Å². The van der Waals surface area contributed by atoms with E-state index in [9.17, 15) is 0 Å². The summed E-state index contributed by atoms with van der Waals surface area (Å²) < 4.78 is 1.69. The van der Waals surface area contributed by atoms with Gasteiger partial charge in [-0.1, -0.05) is 6.07 Å². The first-order valence-corrected chi connectivity index (χ1v) is 3.56. The predicted octanol–water partition coefficient (Wildman–Crippen LogP) is 0.618. The first kappa shape index (κ1) is 6.84. The van der Waals surface area contributed by atoms with Gasteiger partial charge in [-0.25, -0.2) is 4.52 Å². The molecular formula is C8H8N4. The van der Waals surface area contributed by atoms with E-state index in [1.165, 1.54) is 0 Å². The highest BCUT2D eigenvalue weighted by Gasteiger charge is 2.01. The molecule has 12 heavy (non-hydrogen) atoms. The molecule has 3 N–H and O–H groups in total. The lowest BCUT2D eigenvalue weighted by molar-refractivity contribution is 0.951. The van der Waals surface area contributed by atoms with Gasteiger partial charge in [-0.15, -0.1) is 0 Å². The van der Waals surface area contributed by atoms with Crippen LogP contribution in [0.1, 0.15) is 5.69 Å². The molecule has 0 fully saturated rings. The summed E-state index contributed by atoms with van der Waals surface area (Å²) in [5.74, 6) is -0.00120. The number of nitrogen functional groups attached to an aromatic ring is 1. The van der Waals surface area contributed by atoms with Crippen LogP contribution in [0.15, 0.2) is 30.5 Å². The molecule has 0 radical (unpaired) electrons. The zero-order valence-electron chi connectivity index (χ0n) is 6.36. The van der Waals surface area contributed by atoms with Crippen molar-refractivity contribution in [3.63, 3.8) is 0 Å². The number of rotatable bonds is 1. The molecule has 2 rings (SSSR count). The molecule has 0 spiro atoms. The van der Waals surface area contributed by atoms with Gasteiger partial charge in [-0.2, -0.15) is 5.10 Å². The van der Waals surface area contributed by atoms with E-state index in [1.807, 2.05) is 24.4 Å². The van der Waals surface area contributed by atoms with E-state index in [0.29, 0.717) is 5.69 Å². The van der Waals surface area contributed by atoms with Gasteiger partial charge in [-0.3, -0.25) is 5.41 Å². The standard InChI is InChI=1S/C8H8N4/c9-8(10)7-5-6-3-1-2-4-12(6)11-7/h1-5H,(H3,9,10). The molecular weight excluding hydrogens is 152 g/mol. The predicted molar refractivity (Wildman–Crippen MR) is 46.2 cm³/mol. The average Bonchev–Trinajstić information content (AvgIpc) is 2.46. The SMILES string of the molecule is N=C(N)c1cc2ccccn2n1. The number of pyridine rings is 1. The molecule has 4 nitrogen and oxygen atoms in total. The molecule has 0 aromatic carbocycles. The second kappa shape index (κ2) is 2.34. The molecule has 0 aliphatic heterocycles. The lowest BCUT2D eigenvalue weighted by Gasteiger charge is -1.87. The van der Waals surface area contributed by atoms with Crippen LogP contribution in [-0.4, -0.2) is 15.4 Å². The third-order valence-corrected chi connectivity index (χ3v) is 1.65. The van der Waals surface area contributed by atoms with Gasteiger partial charge in [0.15, 0.2) is 0 Å². The number of nitrogens with one attached hydrogen (secondary N) is 1. The molecule has 60 valence electrons. The van der Waals surface area contributed by atoms with Crippen molar-refractivity contribution >= 4 is 11.4 Å². The Balaban J connectivity index is 2.70. The number of nitrogens with zero attached hydrogens (tertiary/aromatic N) is 2. The Bertz CT molecular complexity index is 396. The Morgan fingerprint density at radius 1 is 1.50 bits per heavy atom. The van der Waals surface area contributed by atoms with Crippen LogP contribution in [0.5, 0.6) is 0 Å². The van der Waals surface area contributed by atoms with E-state index in [4.69, 9.17) is 11.1 Å². The van der Waals surface area contributed by atoms with E-state index in [-0.39, 0.29) is 5.84 Å². The van der Waals surface area contributed by atoms with Gasteiger partial charge < -0.3 is 5.73 Å². The first-order valence-electron chi connectivity index (χ1n) is 3.56. The van der Waals surface area contributed by atoms with Crippen molar-refractivity contribution in [2.45, 2.75) is 0 Å². The summed E-state index contributed by atoms with van der Waals surface area (Å²) >= 11 is 0. The smallest absolute Gasteiger partial charge is 0.143 e. The Kier molecular flexibility index (Phi) is 1.33. The van der Waals surface area contributed by atoms with Crippen LogP contribution < -0.4 is 5.73 Å². The van der Waals surface area contributed by atoms with Crippen molar-refractivity contribution in [2.75, 3.05) is 0 Å². The van der Waals surface area contributed by atoms with E-state index in [2.05, 4.69) is 5.10 Å². The van der Waals surface area contributed by atoms with Crippen molar-refractivity contribution in [3.05, 3.63) is 36.2 Å². The normalized spacial score (nSPS) is 10.3. The van der Waals surface area contributed by atoms with Gasteiger partial charge in [0.2, 0.25) is 0 Å². The van der Waals surface area contributed by atoms with Crippen molar-refractivity contribution in [1.29, 1.82) is 5.41 Å². The monoisotopic (exact) mass is 160 g/mol. The van der Waals surface area contributed by atoms with Crippen molar-refractivity contribution in [1.82, 2.24) is 9.61 Å². The summed E-state index contributed by atoms with van der Waals surface area (Å²) in [6.45, 7) is 0. The van der Waals surface area contributed by atoms with Crippen LogP contribution in [0.3, 0.4) is 0 Å². The summed E-state index contributed by atoms with van der Waals surface area (Å²) in [6, 6.07) is 7.49. The summed E-state index contributed by atoms with van der Waals surface area (Å²) in [7, 11) is 0. The fraction of sp³-hybridized carbons (Fsp3) is 0. The van der Waals surface area contributed by atoms with E-state index < -0.39 is 0 Å². The van der Waals surface area contributed by atoms with Crippen LogP contribution in [0.25, 0.3) is 5.52 Å². The van der Waals surface area contributed by atoms with Crippen molar-refractivity contribution in [3.8, 4) is 0 Å². The summed E-state index contributed by atoms with van der Waals surface area (Å²) in [6.07, 6.45) is 1.82. The van der Waals surface area contributed by atoms with Gasteiger partial charge in [0.25, 0.3) is 0 Å². The maximum atomic E-state index is 7.17. The molecule has 4 heteroatoms. The number of fused-ring (bicyclic) bond motifs is 1. The highest BCUT2D eigenvalue weighted by molar-refractivity contribution is 5.94. The molecule has 0 saturated heterocycles. The second-order valence-corrected chi connectivity index (χ2v) is 2.51. The highest BCUT2D eigenvalue weighted by atomic mass is 15.2. The molecule has 0 bridgehead atoms. The van der Waals surface area contributed by atoms with E-state index in [0.717, 1.165) is 5.52 Å². The van der Waals surface area contributed by atoms with Crippen LogP contribution in [-0.2, 0) is 0 Å². The molecule has 0 amide bonds. The summed E-state index contributed by atoms with van der Waals surface area (Å²) in [5.41, 5.74) is 6.75.